The average Bonchev–Trinajstić information content (AvgIpc) is 2.42. The van der Waals surface area contributed by atoms with Crippen molar-refractivity contribution in [1.82, 2.24) is 4.98 Å². The first-order valence-corrected chi connectivity index (χ1v) is 6.39. The Hall–Kier alpha value is -1.74. The van der Waals surface area contributed by atoms with E-state index in [4.69, 9.17) is 11.6 Å². The normalized spacial score (nSPS) is 10.4. The molecule has 98 valence electrons. The van der Waals surface area contributed by atoms with Crippen LogP contribution in [0.3, 0.4) is 0 Å². The monoisotopic (exact) mass is 277 g/mol. The molecule has 0 bridgehead atoms. The number of rotatable bonds is 5. The number of aromatic nitrogens is 1. The Labute approximate surface area is 116 Å². The fourth-order valence-electron chi connectivity index (χ4n) is 1.80. The van der Waals surface area contributed by atoms with Crippen LogP contribution >= 0.6 is 11.6 Å². The first-order valence-electron chi connectivity index (χ1n) is 6.01. The standard InChI is InChI=1S/C15H13ClFNO/c16-14-5-3-6-15(17)13(14)10-12(19)8-7-11-4-1-2-9-18-11/h1-6,9H,7-8,10H2. The number of pyridine rings is 1. The van der Waals surface area contributed by atoms with Crippen LogP contribution in [-0.2, 0) is 17.6 Å². The number of hydrogen-bond donors (Lipinski definition) is 0. The van der Waals surface area contributed by atoms with Crippen LogP contribution in [0.2, 0.25) is 5.02 Å². The molecule has 0 unspecified atom stereocenters. The fraction of sp³-hybridized carbons (Fsp3) is 0.200. The smallest absolute Gasteiger partial charge is 0.137 e. The molecule has 2 aromatic rings. The Bertz CT molecular complexity index is 551. The van der Waals surface area contributed by atoms with Gasteiger partial charge in [0.25, 0.3) is 0 Å². The van der Waals surface area contributed by atoms with Crippen LogP contribution in [0, 0.1) is 5.82 Å². The highest BCUT2D eigenvalue weighted by atomic mass is 35.5. The first kappa shape index (κ1) is 13.7. The molecule has 2 nitrogen and oxygen atoms in total. The van der Waals surface area contributed by atoms with Gasteiger partial charge in [0.05, 0.1) is 0 Å². The minimum atomic E-state index is -0.432. The van der Waals surface area contributed by atoms with Crippen LogP contribution in [0.1, 0.15) is 17.7 Å². The predicted octanol–water partition coefficient (Wildman–Crippen LogP) is 3.62. The van der Waals surface area contributed by atoms with Gasteiger partial charge in [-0.3, -0.25) is 9.78 Å². The summed E-state index contributed by atoms with van der Waals surface area (Å²) >= 11 is 5.89. The largest absolute Gasteiger partial charge is 0.299 e. The predicted molar refractivity (Wildman–Crippen MR) is 72.7 cm³/mol. The topological polar surface area (TPSA) is 30.0 Å². The van der Waals surface area contributed by atoms with Gasteiger partial charge in [-0.05, 0) is 30.7 Å². The van der Waals surface area contributed by atoms with E-state index in [0.29, 0.717) is 17.9 Å². The fourth-order valence-corrected chi connectivity index (χ4v) is 2.03. The van der Waals surface area contributed by atoms with E-state index >= 15 is 0 Å². The molecule has 19 heavy (non-hydrogen) atoms. The van der Waals surface area contributed by atoms with Gasteiger partial charge in [0, 0.05) is 35.3 Å². The summed E-state index contributed by atoms with van der Waals surface area (Å²) in [6.45, 7) is 0. The summed E-state index contributed by atoms with van der Waals surface area (Å²) in [6, 6.07) is 9.99. The molecule has 0 radical (unpaired) electrons. The molecule has 0 saturated heterocycles. The maximum absolute atomic E-state index is 13.5. The maximum atomic E-state index is 13.5. The molecule has 1 aromatic carbocycles. The second-order valence-electron chi connectivity index (χ2n) is 4.24. The minimum Gasteiger partial charge on any atom is -0.299 e. The number of Topliss-reactive ketones (excluding diaryl/α,β-unsaturated/α-hetero) is 1. The first-order chi connectivity index (χ1) is 9.16. The van der Waals surface area contributed by atoms with Gasteiger partial charge in [-0.2, -0.15) is 0 Å². The van der Waals surface area contributed by atoms with Gasteiger partial charge in [-0.25, -0.2) is 4.39 Å². The Morgan fingerprint density at radius 1 is 1.21 bits per heavy atom. The highest BCUT2D eigenvalue weighted by molar-refractivity contribution is 6.31. The summed E-state index contributed by atoms with van der Waals surface area (Å²) in [5.41, 5.74) is 1.13. The number of carbonyl (C=O) groups excluding carboxylic acids is 1. The zero-order valence-electron chi connectivity index (χ0n) is 10.3. The lowest BCUT2D eigenvalue weighted by Crippen LogP contribution is -2.07. The molecule has 1 aromatic heterocycles. The van der Waals surface area contributed by atoms with Crippen molar-refractivity contribution in [3.8, 4) is 0 Å². The summed E-state index contributed by atoms with van der Waals surface area (Å²) in [7, 11) is 0. The number of ketones is 1. The summed E-state index contributed by atoms with van der Waals surface area (Å²) in [5.74, 6) is -0.476. The molecule has 0 spiro atoms. The lowest BCUT2D eigenvalue weighted by molar-refractivity contribution is -0.118. The average molecular weight is 278 g/mol. The van der Waals surface area contributed by atoms with Gasteiger partial charge < -0.3 is 0 Å². The SMILES string of the molecule is O=C(CCc1ccccn1)Cc1c(F)cccc1Cl. The molecule has 0 aliphatic carbocycles. The zero-order chi connectivity index (χ0) is 13.7. The van der Waals surface area contributed by atoms with Crippen molar-refractivity contribution < 1.29 is 9.18 Å². The molecule has 1 heterocycles. The van der Waals surface area contributed by atoms with Crippen LogP contribution in [0.5, 0.6) is 0 Å². The van der Waals surface area contributed by atoms with Gasteiger partial charge in [0.1, 0.15) is 11.6 Å². The third kappa shape index (κ3) is 3.86. The van der Waals surface area contributed by atoms with Crippen molar-refractivity contribution in [2.75, 3.05) is 0 Å². The van der Waals surface area contributed by atoms with Gasteiger partial charge >= 0.3 is 0 Å². The molecular formula is C15H13ClFNO. The summed E-state index contributed by atoms with van der Waals surface area (Å²) in [6.07, 6.45) is 2.61. The molecular weight excluding hydrogens is 265 g/mol. The number of aryl methyl sites for hydroxylation is 1. The van der Waals surface area contributed by atoms with Crippen molar-refractivity contribution in [3.05, 3.63) is 64.7 Å². The van der Waals surface area contributed by atoms with E-state index in [9.17, 15) is 9.18 Å². The van der Waals surface area contributed by atoms with E-state index in [2.05, 4.69) is 4.98 Å². The Kier molecular flexibility index (Phi) is 4.63. The van der Waals surface area contributed by atoms with Gasteiger partial charge in [-0.15, -0.1) is 0 Å². The van der Waals surface area contributed by atoms with Crippen LogP contribution < -0.4 is 0 Å². The van der Waals surface area contributed by atoms with Crippen LogP contribution in [0.25, 0.3) is 0 Å². The molecule has 2 rings (SSSR count). The van der Waals surface area contributed by atoms with Crippen molar-refractivity contribution in [2.24, 2.45) is 0 Å². The molecule has 0 saturated carbocycles. The van der Waals surface area contributed by atoms with E-state index in [1.54, 1.807) is 12.3 Å². The van der Waals surface area contributed by atoms with Gasteiger partial charge in [0.15, 0.2) is 0 Å². The highest BCUT2D eigenvalue weighted by Crippen LogP contribution is 2.20. The molecule has 4 heteroatoms. The Morgan fingerprint density at radius 3 is 2.74 bits per heavy atom. The van der Waals surface area contributed by atoms with Crippen LogP contribution in [0.15, 0.2) is 42.6 Å². The second kappa shape index (κ2) is 6.43. The van der Waals surface area contributed by atoms with Crippen molar-refractivity contribution in [2.45, 2.75) is 19.3 Å². The summed E-state index contributed by atoms with van der Waals surface area (Å²) in [5, 5.41) is 0.297. The summed E-state index contributed by atoms with van der Waals surface area (Å²) in [4.78, 5) is 16.0. The number of benzene rings is 1. The number of halogens is 2. The van der Waals surface area contributed by atoms with E-state index in [0.717, 1.165) is 5.69 Å². The quantitative estimate of drug-likeness (QED) is 0.835. The minimum absolute atomic E-state index is 0.0261. The van der Waals surface area contributed by atoms with Gasteiger partial charge in [-0.1, -0.05) is 23.7 Å². The van der Waals surface area contributed by atoms with Crippen LogP contribution in [-0.4, -0.2) is 10.8 Å². The Morgan fingerprint density at radius 2 is 2.05 bits per heavy atom. The van der Waals surface area contributed by atoms with Crippen LogP contribution in [0.4, 0.5) is 4.39 Å². The number of nitrogens with zero attached hydrogens (tertiary/aromatic N) is 1. The van der Waals surface area contributed by atoms with Crippen molar-refractivity contribution in [1.29, 1.82) is 0 Å². The molecule has 0 N–H and O–H groups in total. The molecule has 0 amide bonds. The van der Waals surface area contributed by atoms with Crippen molar-refractivity contribution >= 4 is 17.4 Å². The highest BCUT2D eigenvalue weighted by Gasteiger charge is 2.12. The van der Waals surface area contributed by atoms with E-state index in [1.807, 2.05) is 18.2 Å². The van der Waals surface area contributed by atoms with Crippen molar-refractivity contribution in [3.63, 3.8) is 0 Å². The lowest BCUT2D eigenvalue weighted by Gasteiger charge is -2.05. The molecule has 0 aliphatic heterocycles. The molecule has 0 atom stereocenters. The van der Waals surface area contributed by atoms with Gasteiger partial charge in [0.2, 0.25) is 0 Å². The van der Waals surface area contributed by atoms with E-state index < -0.39 is 5.82 Å². The third-order valence-electron chi connectivity index (χ3n) is 2.82. The lowest BCUT2D eigenvalue weighted by atomic mass is 10.0. The summed E-state index contributed by atoms with van der Waals surface area (Å²) < 4.78 is 13.5. The number of hydrogen-bond acceptors (Lipinski definition) is 2. The third-order valence-corrected chi connectivity index (χ3v) is 3.18. The van der Waals surface area contributed by atoms with E-state index in [1.165, 1.54) is 12.1 Å². The Balaban J connectivity index is 1.95. The number of carbonyl (C=O) groups is 1. The maximum Gasteiger partial charge on any atom is 0.137 e. The molecule has 0 aliphatic rings. The second-order valence-corrected chi connectivity index (χ2v) is 4.64. The van der Waals surface area contributed by atoms with E-state index in [-0.39, 0.29) is 17.8 Å². The molecule has 0 fully saturated rings. The zero-order valence-corrected chi connectivity index (χ0v) is 11.0.